The molecule has 2 aromatic rings. The summed E-state index contributed by atoms with van der Waals surface area (Å²) < 4.78 is 2.33. The van der Waals surface area contributed by atoms with Crippen molar-refractivity contribution in [2.75, 3.05) is 6.54 Å². The molecule has 3 heteroatoms. The smallest absolute Gasteiger partial charge is 0.123 e. The molecule has 0 spiro atoms. The van der Waals surface area contributed by atoms with Gasteiger partial charge in [-0.25, -0.2) is 4.98 Å². The van der Waals surface area contributed by atoms with Crippen molar-refractivity contribution in [1.29, 1.82) is 0 Å². The molecule has 0 atom stereocenters. The minimum Gasteiger partial charge on any atom is -0.326 e. The number of imidazole rings is 1. The molecule has 1 aromatic heterocycles. The van der Waals surface area contributed by atoms with E-state index in [0.717, 1.165) is 31.9 Å². The first-order chi connectivity index (χ1) is 8.88. The molecule has 1 aliphatic heterocycles. The Hall–Kier alpha value is -1.61. The Morgan fingerprint density at radius 1 is 1.39 bits per heavy atom. The SMILES string of the molecule is CCCc1cccc(-c2cnc3n2CCNC3)c1. The molecule has 0 saturated carbocycles. The first-order valence-electron chi connectivity index (χ1n) is 6.73. The molecule has 1 aromatic carbocycles. The Labute approximate surface area is 108 Å². The molecule has 18 heavy (non-hydrogen) atoms. The topological polar surface area (TPSA) is 29.9 Å². The van der Waals surface area contributed by atoms with Crippen LogP contribution in [0.1, 0.15) is 24.7 Å². The van der Waals surface area contributed by atoms with Crippen molar-refractivity contribution in [3.63, 3.8) is 0 Å². The van der Waals surface area contributed by atoms with Gasteiger partial charge in [0.25, 0.3) is 0 Å². The third kappa shape index (κ3) is 2.06. The van der Waals surface area contributed by atoms with Gasteiger partial charge in [0.15, 0.2) is 0 Å². The lowest BCUT2D eigenvalue weighted by molar-refractivity contribution is 0.508. The maximum atomic E-state index is 4.51. The lowest BCUT2D eigenvalue weighted by Gasteiger charge is -2.17. The number of aromatic nitrogens is 2. The summed E-state index contributed by atoms with van der Waals surface area (Å²) in [4.78, 5) is 4.51. The summed E-state index contributed by atoms with van der Waals surface area (Å²) in [5.74, 6) is 1.15. The second-order valence-corrected chi connectivity index (χ2v) is 4.84. The summed E-state index contributed by atoms with van der Waals surface area (Å²) in [6.07, 6.45) is 4.35. The molecule has 0 bridgehead atoms. The quantitative estimate of drug-likeness (QED) is 0.895. The number of fused-ring (bicyclic) bond motifs is 1. The normalized spacial score (nSPS) is 14.5. The Kier molecular flexibility index (Phi) is 3.15. The summed E-state index contributed by atoms with van der Waals surface area (Å²) in [6, 6.07) is 8.85. The van der Waals surface area contributed by atoms with Crippen molar-refractivity contribution in [3.05, 3.63) is 41.9 Å². The molecule has 0 fully saturated rings. The molecule has 1 N–H and O–H groups in total. The van der Waals surface area contributed by atoms with Crippen LogP contribution in [0.5, 0.6) is 0 Å². The van der Waals surface area contributed by atoms with E-state index in [1.165, 1.54) is 23.2 Å². The lowest BCUT2D eigenvalue weighted by atomic mass is 10.1. The zero-order valence-electron chi connectivity index (χ0n) is 10.8. The molecule has 0 aliphatic carbocycles. The summed E-state index contributed by atoms with van der Waals surface area (Å²) >= 11 is 0. The van der Waals surface area contributed by atoms with Gasteiger partial charge in [0.1, 0.15) is 5.82 Å². The van der Waals surface area contributed by atoms with Crippen molar-refractivity contribution >= 4 is 0 Å². The molecular weight excluding hydrogens is 222 g/mol. The lowest BCUT2D eigenvalue weighted by Crippen LogP contribution is -2.28. The number of benzene rings is 1. The highest BCUT2D eigenvalue weighted by molar-refractivity contribution is 5.60. The van der Waals surface area contributed by atoms with Gasteiger partial charge < -0.3 is 9.88 Å². The molecule has 3 nitrogen and oxygen atoms in total. The highest BCUT2D eigenvalue weighted by Gasteiger charge is 2.14. The van der Waals surface area contributed by atoms with Crippen LogP contribution in [0.2, 0.25) is 0 Å². The predicted molar refractivity (Wildman–Crippen MR) is 73.4 cm³/mol. The molecule has 1 aliphatic rings. The fraction of sp³-hybridized carbons (Fsp3) is 0.400. The Morgan fingerprint density at radius 3 is 3.22 bits per heavy atom. The zero-order valence-corrected chi connectivity index (χ0v) is 10.8. The van der Waals surface area contributed by atoms with E-state index in [0.29, 0.717) is 0 Å². The van der Waals surface area contributed by atoms with Crippen molar-refractivity contribution < 1.29 is 0 Å². The van der Waals surface area contributed by atoms with Gasteiger partial charge in [-0.05, 0) is 18.1 Å². The second-order valence-electron chi connectivity index (χ2n) is 4.84. The molecule has 0 saturated heterocycles. The number of nitrogens with zero attached hydrogens (tertiary/aromatic N) is 2. The van der Waals surface area contributed by atoms with E-state index in [2.05, 4.69) is 46.1 Å². The van der Waals surface area contributed by atoms with Crippen LogP contribution in [0, 0.1) is 0 Å². The van der Waals surface area contributed by atoms with E-state index in [-0.39, 0.29) is 0 Å². The van der Waals surface area contributed by atoms with Crippen molar-refractivity contribution in [3.8, 4) is 11.3 Å². The van der Waals surface area contributed by atoms with Crippen LogP contribution in [-0.2, 0) is 19.5 Å². The van der Waals surface area contributed by atoms with Crippen LogP contribution in [0.15, 0.2) is 30.5 Å². The molecule has 94 valence electrons. The van der Waals surface area contributed by atoms with E-state index in [4.69, 9.17) is 0 Å². The third-order valence-corrected chi connectivity index (χ3v) is 3.49. The van der Waals surface area contributed by atoms with Crippen LogP contribution in [0.4, 0.5) is 0 Å². The highest BCUT2D eigenvalue weighted by Crippen LogP contribution is 2.23. The summed E-state index contributed by atoms with van der Waals surface area (Å²) in [7, 11) is 0. The van der Waals surface area contributed by atoms with E-state index >= 15 is 0 Å². The Bertz CT molecular complexity index is 542. The first kappa shape index (κ1) is 11.5. The molecule has 2 heterocycles. The van der Waals surface area contributed by atoms with E-state index in [9.17, 15) is 0 Å². The summed E-state index contributed by atoms with van der Waals surface area (Å²) in [5, 5.41) is 3.35. The average molecular weight is 241 g/mol. The van der Waals surface area contributed by atoms with Gasteiger partial charge in [0.05, 0.1) is 18.4 Å². The zero-order chi connectivity index (χ0) is 12.4. The molecule has 0 amide bonds. The molecule has 0 radical (unpaired) electrons. The van der Waals surface area contributed by atoms with Crippen molar-refractivity contribution in [1.82, 2.24) is 14.9 Å². The maximum absolute atomic E-state index is 4.51. The maximum Gasteiger partial charge on any atom is 0.123 e. The van der Waals surface area contributed by atoms with Gasteiger partial charge in [0, 0.05) is 18.7 Å². The predicted octanol–water partition coefficient (Wildman–Crippen LogP) is 2.61. The van der Waals surface area contributed by atoms with Gasteiger partial charge in [-0.3, -0.25) is 0 Å². The monoisotopic (exact) mass is 241 g/mol. The van der Waals surface area contributed by atoms with Crippen LogP contribution in [0.3, 0.4) is 0 Å². The number of aryl methyl sites for hydroxylation is 1. The standard InChI is InChI=1S/C15H19N3/c1-2-4-12-5-3-6-13(9-12)14-10-17-15-11-16-7-8-18(14)15/h3,5-6,9-10,16H,2,4,7-8,11H2,1H3. The fourth-order valence-electron chi connectivity index (χ4n) is 2.60. The Morgan fingerprint density at radius 2 is 2.33 bits per heavy atom. The number of hydrogen-bond acceptors (Lipinski definition) is 2. The van der Waals surface area contributed by atoms with Crippen molar-refractivity contribution in [2.45, 2.75) is 32.9 Å². The third-order valence-electron chi connectivity index (χ3n) is 3.49. The molecular formula is C15H19N3. The number of hydrogen-bond donors (Lipinski definition) is 1. The van der Waals surface area contributed by atoms with E-state index < -0.39 is 0 Å². The molecule has 3 rings (SSSR count). The van der Waals surface area contributed by atoms with Crippen LogP contribution in [0.25, 0.3) is 11.3 Å². The minimum atomic E-state index is 0.884. The number of rotatable bonds is 3. The van der Waals surface area contributed by atoms with Crippen LogP contribution in [-0.4, -0.2) is 16.1 Å². The minimum absolute atomic E-state index is 0.884. The van der Waals surface area contributed by atoms with E-state index in [1.807, 2.05) is 6.20 Å². The number of nitrogens with one attached hydrogen (secondary N) is 1. The van der Waals surface area contributed by atoms with Gasteiger partial charge in [-0.1, -0.05) is 31.5 Å². The van der Waals surface area contributed by atoms with Gasteiger partial charge in [-0.2, -0.15) is 0 Å². The largest absolute Gasteiger partial charge is 0.326 e. The fourth-order valence-corrected chi connectivity index (χ4v) is 2.60. The van der Waals surface area contributed by atoms with Gasteiger partial charge >= 0.3 is 0 Å². The second kappa shape index (κ2) is 4.94. The van der Waals surface area contributed by atoms with Gasteiger partial charge in [0.2, 0.25) is 0 Å². The summed E-state index contributed by atoms with van der Waals surface area (Å²) in [5.41, 5.74) is 3.96. The summed E-state index contributed by atoms with van der Waals surface area (Å²) in [6.45, 7) is 5.15. The average Bonchev–Trinajstić information content (AvgIpc) is 2.83. The van der Waals surface area contributed by atoms with E-state index in [1.54, 1.807) is 0 Å². The molecule has 0 unspecified atom stereocenters. The first-order valence-corrected chi connectivity index (χ1v) is 6.73. The highest BCUT2D eigenvalue weighted by atomic mass is 15.2. The van der Waals surface area contributed by atoms with Crippen molar-refractivity contribution in [2.24, 2.45) is 0 Å². The van der Waals surface area contributed by atoms with Gasteiger partial charge in [-0.15, -0.1) is 0 Å². The van der Waals surface area contributed by atoms with Crippen LogP contribution >= 0.6 is 0 Å². The Balaban J connectivity index is 1.99. The van der Waals surface area contributed by atoms with Crippen LogP contribution < -0.4 is 5.32 Å².